The zero-order valence-corrected chi connectivity index (χ0v) is 9.79. The zero-order chi connectivity index (χ0) is 12.4. The standard InChI is InChI=1S/C10H15N5O2/c1-3-6-4-8(15(2)13-6)10-12-9(14-17-10)7(11)5-16/h4,7,16H,3,5,11H2,1-2H3. The molecule has 0 saturated carbocycles. The summed E-state index contributed by atoms with van der Waals surface area (Å²) in [5, 5.41) is 16.9. The minimum atomic E-state index is -0.619. The first-order chi connectivity index (χ1) is 8.15. The van der Waals surface area contributed by atoms with Gasteiger partial charge in [0.15, 0.2) is 5.82 Å². The van der Waals surface area contributed by atoms with Crippen molar-refractivity contribution in [1.29, 1.82) is 0 Å². The molecular formula is C10H15N5O2. The average molecular weight is 237 g/mol. The van der Waals surface area contributed by atoms with E-state index in [1.54, 1.807) is 4.68 Å². The van der Waals surface area contributed by atoms with Crippen LogP contribution in [0.1, 0.15) is 24.5 Å². The van der Waals surface area contributed by atoms with Crippen molar-refractivity contribution < 1.29 is 9.63 Å². The number of rotatable bonds is 4. The van der Waals surface area contributed by atoms with Crippen LogP contribution in [0.2, 0.25) is 0 Å². The number of aliphatic hydroxyl groups excluding tert-OH is 1. The molecule has 0 bridgehead atoms. The molecule has 2 aromatic rings. The Morgan fingerprint density at radius 2 is 2.35 bits per heavy atom. The van der Waals surface area contributed by atoms with Gasteiger partial charge in [-0.15, -0.1) is 0 Å². The molecule has 92 valence electrons. The predicted molar refractivity (Wildman–Crippen MR) is 59.9 cm³/mol. The molecule has 3 N–H and O–H groups in total. The Labute approximate surface area is 98.2 Å². The molecule has 17 heavy (non-hydrogen) atoms. The van der Waals surface area contributed by atoms with Gasteiger partial charge in [-0.1, -0.05) is 12.1 Å². The fraction of sp³-hybridized carbons (Fsp3) is 0.500. The van der Waals surface area contributed by atoms with Crippen molar-refractivity contribution in [3.63, 3.8) is 0 Å². The van der Waals surface area contributed by atoms with Gasteiger partial charge >= 0.3 is 0 Å². The highest BCUT2D eigenvalue weighted by atomic mass is 16.5. The van der Waals surface area contributed by atoms with Crippen LogP contribution >= 0.6 is 0 Å². The van der Waals surface area contributed by atoms with E-state index in [-0.39, 0.29) is 6.61 Å². The van der Waals surface area contributed by atoms with Crippen molar-refractivity contribution in [1.82, 2.24) is 19.9 Å². The van der Waals surface area contributed by atoms with Crippen LogP contribution in [-0.2, 0) is 13.5 Å². The van der Waals surface area contributed by atoms with Crippen molar-refractivity contribution in [2.75, 3.05) is 6.61 Å². The highest BCUT2D eigenvalue weighted by Gasteiger charge is 2.17. The first kappa shape index (κ1) is 11.7. The highest BCUT2D eigenvalue weighted by Crippen LogP contribution is 2.19. The number of nitrogens with zero attached hydrogens (tertiary/aromatic N) is 4. The summed E-state index contributed by atoms with van der Waals surface area (Å²) in [6, 6.07) is 1.27. The monoisotopic (exact) mass is 237 g/mol. The second-order valence-corrected chi connectivity index (χ2v) is 3.74. The van der Waals surface area contributed by atoms with E-state index in [4.69, 9.17) is 15.4 Å². The van der Waals surface area contributed by atoms with E-state index in [2.05, 4.69) is 15.2 Å². The van der Waals surface area contributed by atoms with E-state index >= 15 is 0 Å². The molecule has 0 radical (unpaired) electrons. The lowest BCUT2D eigenvalue weighted by Crippen LogP contribution is -2.15. The van der Waals surface area contributed by atoms with Crippen molar-refractivity contribution in [2.24, 2.45) is 12.8 Å². The van der Waals surface area contributed by atoms with E-state index in [1.165, 1.54) is 0 Å². The summed E-state index contributed by atoms with van der Waals surface area (Å²) in [6.45, 7) is 1.80. The van der Waals surface area contributed by atoms with E-state index < -0.39 is 6.04 Å². The Balaban J connectivity index is 2.33. The summed E-state index contributed by atoms with van der Waals surface area (Å²) in [6.07, 6.45) is 0.838. The third-order valence-electron chi connectivity index (χ3n) is 2.48. The summed E-state index contributed by atoms with van der Waals surface area (Å²) in [5.74, 6) is 0.653. The number of aliphatic hydroxyl groups is 1. The molecule has 1 atom stereocenters. The Kier molecular flexibility index (Phi) is 3.21. The second kappa shape index (κ2) is 4.64. The molecule has 2 rings (SSSR count). The van der Waals surface area contributed by atoms with Crippen LogP contribution in [0.25, 0.3) is 11.6 Å². The van der Waals surface area contributed by atoms with E-state index in [9.17, 15) is 0 Å². The molecule has 7 heteroatoms. The van der Waals surface area contributed by atoms with Gasteiger partial charge in [-0.3, -0.25) is 4.68 Å². The summed E-state index contributed by atoms with van der Waals surface area (Å²) in [7, 11) is 1.81. The first-order valence-corrected chi connectivity index (χ1v) is 5.39. The maximum atomic E-state index is 8.90. The molecule has 0 fully saturated rings. The van der Waals surface area contributed by atoms with Gasteiger partial charge in [-0.25, -0.2) is 0 Å². The maximum absolute atomic E-state index is 8.90. The van der Waals surface area contributed by atoms with E-state index in [0.717, 1.165) is 17.8 Å². The maximum Gasteiger partial charge on any atom is 0.276 e. The van der Waals surface area contributed by atoms with Gasteiger partial charge in [0.25, 0.3) is 5.89 Å². The highest BCUT2D eigenvalue weighted by molar-refractivity contribution is 5.47. The number of nitrogens with two attached hydrogens (primary N) is 1. The molecule has 0 saturated heterocycles. The van der Waals surface area contributed by atoms with Gasteiger partial charge in [0.1, 0.15) is 5.69 Å². The molecule has 0 aliphatic carbocycles. The number of hydrogen-bond acceptors (Lipinski definition) is 6. The fourth-order valence-corrected chi connectivity index (χ4v) is 1.47. The normalized spacial score (nSPS) is 12.9. The first-order valence-electron chi connectivity index (χ1n) is 5.39. The smallest absolute Gasteiger partial charge is 0.276 e. The SMILES string of the molecule is CCc1cc(-c2nc(C(N)CO)no2)n(C)n1. The summed E-state index contributed by atoms with van der Waals surface area (Å²) >= 11 is 0. The Hall–Kier alpha value is -1.73. The molecule has 2 heterocycles. The van der Waals surface area contributed by atoms with Crippen molar-refractivity contribution >= 4 is 0 Å². The van der Waals surface area contributed by atoms with Crippen LogP contribution in [0.5, 0.6) is 0 Å². The molecule has 0 aliphatic rings. The van der Waals surface area contributed by atoms with E-state index in [0.29, 0.717) is 11.7 Å². The minimum Gasteiger partial charge on any atom is -0.394 e. The van der Waals surface area contributed by atoms with Gasteiger partial charge in [0.05, 0.1) is 18.3 Å². The number of aromatic nitrogens is 4. The van der Waals surface area contributed by atoms with Crippen LogP contribution in [0, 0.1) is 0 Å². The zero-order valence-electron chi connectivity index (χ0n) is 9.79. The van der Waals surface area contributed by atoms with Crippen LogP contribution in [-0.4, -0.2) is 31.6 Å². The fourth-order valence-electron chi connectivity index (χ4n) is 1.47. The van der Waals surface area contributed by atoms with Crippen LogP contribution in [0.3, 0.4) is 0 Å². The van der Waals surface area contributed by atoms with Gasteiger partial charge in [0.2, 0.25) is 0 Å². The third-order valence-corrected chi connectivity index (χ3v) is 2.48. The minimum absolute atomic E-state index is 0.218. The largest absolute Gasteiger partial charge is 0.394 e. The quantitative estimate of drug-likeness (QED) is 0.777. The van der Waals surface area contributed by atoms with Crippen molar-refractivity contribution in [2.45, 2.75) is 19.4 Å². The molecule has 0 aromatic carbocycles. The average Bonchev–Trinajstić information content (AvgIpc) is 2.94. The molecule has 0 spiro atoms. The number of aryl methyl sites for hydroxylation is 2. The molecule has 2 aromatic heterocycles. The summed E-state index contributed by atoms with van der Waals surface area (Å²) in [5.41, 5.74) is 7.29. The van der Waals surface area contributed by atoms with Crippen molar-refractivity contribution in [3.05, 3.63) is 17.6 Å². The number of hydrogen-bond donors (Lipinski definition) is 2. The lowest BCUT2D eigenvalue weighted by atomic mass is 10.3. The van der Waals surface area contributed by atoms with Gasteiger partial charge < -0.3 is 15.4 Å². The van der Waals surface area contributed by atoms with Gasteiger partial charge in [-0.2, -0.15) is 10.1 Å². The summed E-state index contributed by atoms with van der Waals surface area (Å²) < 4.78 is 6.78. The van der Waals surface area contributed by atoms with Crippen molar-refractivity contribution in [3.8, 4) is 11.6 Å². The molecular weight excluding hydrogens is 222 g/mol. The Bertz CT molecular complexity index is 505. The lowest BCUT2D eigenvalue weighted by molar-refractivity contribution is 0.260. The van der Waals surface area contributed by atoms with E-state index in [1.807, 2.05) is 20.0 Å². The van der Waals surface area contributed by atoms with Crippen LogP contribution < -0.4 is 5.73 Å². The van der Waals surface area contributed by atoms with Gasteiger partial charge in [0, 0.05) is 7.05 Å². The van der Waals surface area contributed by atoms with Crippen LogP contribution in [0.15, 0.2) is 10.6 Å². The molecule has 7 nitrogen and oxygen atoms in total. The summed E-state index contributed by atoms with van der Waals surface area (Å²) in [4.78, 5) is 4.14. The molecule has 1 unspecified atom stereocenters. The molecule has 0 aliphatic heterocycles. The van der Waals surface area contributed by atoms with Gasteiger partial charge in [-0.05, 0) is 12.5 Å². The molecule has 0 amide bonds. The topological polar surface area (TPSA) is 103 Å². The lowest BCUT2D eigenvalue weighted by Gasteiger charge is -1.98. The Morgan fingerprint density at radius 1 is 1.59 bits per heavy atom. The Morgan fingerprint density at radius 3 is 2.94 bits per heavy atom. The predicted octanol–water partition coefficient (Wildman–Crippen LogP) is 0.0246. The second-order valence-electron chi connectivity index (χ2n) is 3.74. The third kappa shape index (κ3) is 2.20. The van der Waals surface area contributed by atoms with Crippen LogP contribution in [0.4, 0.5) is 0 Å².